The monoisotopic (exact) mass is 377 g/mol. The van der Waals surface area contributed by atoms with Gasteiger partial charge in [-0.15, -0.1) is 0 Å². The van der Waals surface area contributed by atoms with E-state index >= 15 is 0 Å². The Bertz CT molecular complexity index is 817. The van der Waals surface area contributed by atoms with Crippen LogP contribution in [-0.4, -0.2) is 30.3 Å². The van der Waals surface area contributed by atoms with Gasteiger partial charge >= 0.3 is 6.03 Å². The van der Waals surface area contributed by atoms with Gasteiger partial charge < -0.3 is 15.1 Å². The predicted molar refractivity (Wildman–Crippen MR) is 99.8 cm³/mol. The zero-order chi connectivity index (χ0) is 19.1. The minimum absolute atomic E-state index is 0.0230. The summed E-state index contributed by atoms with van der Waals surface area (Å²) in [6, 6.07) is 7.43. The Morgan fingerprint density at radius 1 is 1.38 bits per heavy atom. The quantitative estimate of drug-likeness (QED) is 0.413. The van der Waals surface area contributed by atoms with Crippen molar-refractivity contribution in [3.8, 4) is 0 Å². The highest BCUT2D eigenvalue weighted by Gasteiger charge is 2.20. The number of nitrogens with one attached hydrogen (secondary N) is 1. The van der Waals surface area contributed by atoms with E-state index in [1.54, 1.807) is 24.3 Å². The van der Waals surface area contributed by atoms with Crippen molar-refractivity contribution in [1.82, 2.24) is 5.43 Å². The van der Waals surface area contributed by atoms with E-state index < -0.39 is 11.0 Å². The fourth-order valence-electron chi connectivity index (χ4n) is 2.22. The number of nitrogens with two attached hydrogens (primary N) is 1. The van der Waals surface area contributed by atoms with Gasteiger partial charge in [0.2, 0.25) is 5.88 Å². The molecule has 26 heavy (non-hydrogen) atoms. The van der Waals surface area contributed by atoms with Gasteiger partial charge in [-0.25, -0.2) is 10.2 Å². The summed E-state index contributed by atoms with van der Waals surface area (Å²) in [4.78, 5) is 24.7. The number of carbonyl (C=O) groups is 1. The van der Waals surface area contributed by atoms with Gasteiger partial charge in [-0.3, -0.25) is 10.1 Å². The number of carbonyl (C=O) groups excluding carboxylic acids is 1. The first kappa shape index (κ1) is 19.3. The maximum atomic E-state index is 11.2. The van der Waals surface area contributed by atoms with E-state index in [9.17, 15) is 14.9 Å². The number of urea groups is 1. The lowest BCUT2D eigenvalue weighted by molar-refractivity contribution is -0.387. The maximum absolute atomic E-state index is 11.2. The molecular formula is C16H19N5O4S. The predicted octanol–water partition coefficient (Wildman–Crippen LogP) is 3.19. The number of anilines is 1. The molecule has 2 aromatic rings. The first-order valence-corrected chi connectivity index (χ1v) is 8.66. The number of nitro groups is 1. The standard InChI is InChI=1S/C16H19N5O4S/c1-3-20(4-2)15-14(9-11(25-15)10-18-19-16(17)22)26-13-8-6-5-7-12(13)21(23)24/h5-10H,3-4H2,1-2H3,(H3,17,19,22). The number of amides is 2. The van der Waals surface area contributed by atoms with E-state index in [1.807, 2.05) is 18.7 Å². The van der Waals surface area contributed by atoms with Gasteiger partial charge in [-0.2, -0.15) is 5.10 Å². The van der Waals surface area contributed by atoms with Crippen LogP contribution >= 0.6 is 11.8 Å². The molecule has 9 nitrogen and oxygen atoms in total. The van der Waals surface area contributed by atoms with E-state index in [1.165, 1.54) is 24.0 Å². The summed E-state index contributed by atoms with van der Waals surface area (Å²) in [5, 5.41) is 14.9. The van der Waals surface area contributed by atoms with Crippen LogP contribution in [-0.2, 0) is 0 Å². The second-order valence-electron chi connectivity index (χ2n) is 5.05. The molecule has 0 saturated carbocycles. The Hall–Kier alpha value is -3.01. The average molecular weight is 377 g/mol. The van der Waals surface area contributed by atoms with Crippen LogP contribution in [0.3, 0.4) is 0 Å². The average Bonchev–Trinajstić information content (AvgIpc) is 2.98. The van der Waals surface area contributed by atoms with Gasteiger partial charge in [-0.1, -0.05) is 23.9 Å². The molecule has 0 aliphatic rings. The minimum atomic E-state index is -0.786. The largest absolute Gasteiger partial charge is 0.438 e. The zero-order valence-corrected chi connectivity index (χ0v) is 15.2. The van der Waals surface area contributed by atoms with Gasteiger partial charge in [0.05, 0.1) is 20.9 Å². The molecule has 138 valence electrons. The van der Waals surface area contributed by atoms with Crippen molar-refractivity contribution in [3.63, 3.8) is 0 Å². The summed E-state index contributed by atoms with van der Waals surface area (Å²) in [7, 11) is 0. The van der Waals surface area contributed by atoms with E-state index in [4.69, 9.17) is 10.2 Å². The third kappa shape index (κ3) is 4.76. The SMILES string of the molecule is CCN(CC)c1oc(C=NNC(N)=O)cc1Sc1ccccc1[N+](=O)[O-]. The number of hydrogen-bond donors (Lipinski definition) is 2. The van der Waals surface area contributed by atoms with E-state index in [0.29, 0.717) is 34.5 Å². The lowest BCUT2D eigenvalue weighted by atomic mass is 10.3. The van der Waals surface area contributed by atoms with Crippen molar-refractivity contribution < 1.29 is 14.1 Å². The molecule has 2 amide bonds. The third-order valence-electron chi connectivity index (χ3n) is 3.40. The molecule has 0 fully saturated rings. The highest BCUT2D eigenvalue weighted by molar-refractivity contribution is 7.99. The molecule has 0 bridgehead atoms. The Kier molecular flexibility index (Phi) is 6.61. The number of furan rings is 1. The zero-order valence-electron chi connectivity index (χ0n) is 14.3. The van der Waals surface area contributed by atoms with E-state index in [-0.39, 0.29) is 5.69 Å². The first-order chi connectivity index (χ1) is 12.5. The molecular weight excluding hydrogens is 358 g/mol. The van der Waals surface area contributed by atoms with Crippen LogP contribution in [0.1, 0.15) is 19.6 Å². The smallest absolute Gasteiger partial charge is 0.332 e. The summed E-state index contributed by atoms with van der Waals surface area (Å²) in [5.41, 5.74) is 7.07. The Balaban J connectivity index is 2.39. The lowest BCUT2D eigenvalue weighted by Crippen LogP contribution is -2.24. The molecule has 0 unspecified atom stereocenters. The van der Waals surface area contributed by atoms with Gasteiger partial charge in [0, 0.05) is 25.2 Å². The molecule has 0 aliphatic heterocycles. The number of nitro benzene ring substituents is 1. The normalized spacial score (nSPS) is 10.8. The van der Waals surface area contributed by atoms with Gasteiger partial charge in [0.15, 0.2) is 5.76 Å². The number of benzene rings is 1. The molecule has 3 N–H and O–H groups in total. The molecule has 0 radical (unpaired) electrons. The number of nitrogens with zero attached hydrogens (tertiary/aromatic N) is 3. The maximum Gasteiger partial charge on any atom is 0.332 e. The van der Waals surface area contributed by atoms with Gasteiger partial charge in [-0.05, 0) is 19.9 Å². The van der Waals surface area contributed by atoms with Crippen molar-refractivity contribution in [2.75, 3.05) is 18.0 Å². The van der Waals surface area contributed by atoms with Crippen molar-refractivity contribution >= 4 is 35.6 Å². The van der Waals surface area contributed by atoms with Crippen LogP contribution in [0.2, 0.25) is 0 Å². The number of hydrazone groups is 1. The second-order valence-corrected chi connectivity index (χ2v) is 6.14. The molecule has 10 heteroatoms. The number of rotatable bonds is 8. The van der Waals surface area contributed by atoms with Crippen LogP contribution in [0.4, 0.5) is 16.4 Å². The fraction of sp³-hybridized carbons (Fsp3) is 0.250. The Morgan fingerprint density at radius 3 is 2.69 bits per heavy atom. The van der Waals surface area contributed by atoms with Crippen LogP contribution in [0.5, 0.6) is 0 Å². The number of primary amides is 1. The van der Waals surface area contributed by atoms with Gasteiger partial charge in [0.25, 0.3) is 5.69 Å². The molecule has 0 spiro atoms. The van der Waals surface area contributed by atoms with Crippen molar-refractivity contribution in [1.29, 1.82) is 0 Å². The van der Waals surface area contributed by atoms with Crippen molar-refractivity contribution in [2.24, 2.45) is 10.8 Å². The topological polar surface area (TPSA) is 127 Å². The third-order valence-corrected chi connectivity index (χ3v) is 4.48. The number of hydrogen-bond acceptors (Lipinski definition) is 7. The Morgan fingerprint density at radius 2 is 2.08 bits per heavy atom. The fourth-order valence-corrected chi connectivity index (χ4v) is 3.29. The molecule has 1 aromatic carbocycles. The van der Waals surface area contributed by atoms with E-state index in [0.717, 1.165) is 0 Å². The van der Waals surface area contributed by atoms with Gasteiger partial charge in [0.1, 0.15) is 0 Å². The minimum Gasteiger partial charge on any atom is -0.438 e. The van der Waals surface area contributed by atoms with Crippen molar-refractivity contribution in [2.45, 2.75) is 23.6 Å². The number of para-hydroxylation sites is 1. The molecule has 0 aliphatic carbocycles. The van der Waals surface area contributed by atoms with Crippen LogP contribution in [0, 0.1) is 10.1 Å². The summed E-state index contributed by atoms with van der Waals surface area (Å²) in [6.07, 6.45) is 1.32. The molecule has 0 saturated heterocycles. The van der Waals surface area contributed by atoms with E-state index in [2.05, 4.69) is 10.5 Å². The van der Waals surface area contributed by atoms with Crippen LogP contribution < -0.4 is 16.1 Å². The van der Waals surface area contributed by atoms with Crippen LogP contribution in [0.15, 0.2) is 49.6 Å². The highest BCUT2D eigenvalue weighted by atomic mass is 32.2. The highest BCUT2D eigenvalue weighted by Crippen LogP contribution is 2.41. The molecule has 0 atom stereocenters. The summed E-state index contributed by atoms with van der Waals surface area (Å²) in [6.45, 7) is 5.36. The summed E-state index contributed by atoms with van der Waals surface area (Å²) in [5.74, 6) is 0.973. The lowest BCUT2D eigenvalue weighted by Gasteiger charge is -2.18. The molecule has 1 aromatic heterocycles. The summed E-state index contributed by atoms with van der Waals surface area (Å²) >= 11 is 1.24. The van der Waals surface area contributed by atoms with Crippen molar-refractivity contribution in [3.05, 3.63) is 46.2 Å². The molecule has 1 heterocycles. The van der Waals surface area contributed by atoms with Crippen LogP contribution in [0.25, 0.3) is 0 Å². The Labute approximate surface area is 154 Å². The summed E-state index contributed by atoms with van der Waals surface area (Å²) < 4.78 is 5.81. The second kappa shape index (κ2) is 8.90. The molecule has 2 rings (SSSR count). The first-order valence-electron chi connectivity index (χ1n) is 7.84.